The molecule has 3 amide bonds. The van der Waals surface area contributed by atoms with Crippen LogP contribution >= 0.6 is 11.6 Å². The fourth-order valence-corrected chi connectivity index (χ4v) is 4.61. The molecule has 1 unspecified atom stereocenters. The number of carbonyl (C=O) groups excluding carboxylic acids is 3. The molecule has 1 aliphatic carbocycles. The molecule has 3 aromatic rings. The minimum absolute atomic E-state index is 0.0233. The summed E-state index contributed by atoms with van der Waals surface area (Å²) in [6.45, 7) is 6.69. The number of nitrogens with one attached hydrogen (secondary N) is 2. The van der Waals surface area contributed by atoms with Crippen molar-refractivity contribution in [1.29, 1.82) is 0 Å². The first kappa shape index (κ1) is 29.4. The average Bonchev–Trinajstić information content (AvgIpc) is 3.64. The Morgan fingerprint density at radius 2 is 1.95 bits per heavy atom. The molecule has 1 heterocycles. The monoisotopic (exact) mass is 572 g/mol. The maximum absolute atomic E-state index is 14.2. The fourth-order valence-electron chi connectivity index (χ4n) is 4.42. The minimum atomic E-state index is -0.826. The highest BCUT2D eigenvalue weighted by Crippen LogP contribution is 2.31. The molecule has 1 aromatic heterocycles. The van der Waals surface area contributed by atoms with Gasteiger partial charge in [0.1, 0.15) is 18.0 Å². The second kappa shape index (κ2) is 11.9. The van der Waals surface area contributed by atoms with Gasteiger partial charge in [0.15, 0.2) is 0 Å². The Kier molecular flexibility index (Phi) is 8.70. The number of carbonyl (C=O) groups is 3. The van der Waals surface area contributed by atoms with Crippen molar-refractivity contribution < 1.29 is 28.6 Å². The zero-order chi connectivity index (χ0) is 29.2. The van der Waals surface area contributed by atoms with Crippen LogP contribution in [0.15, 0.2) is 42.6 Å². The lowest BCUT2D eigenvalue weighted by Crippen LogP contribution is -2.43. The number of fused-ring (bicyclic) bond motifs is 1. The van der Waals surface area contributed by atoms with Crippen LogP contribution in [-0.4, -0.2) is 50.7 Å². The predicted molar refractivity (Wildman–Crippen MR) is 150 cm³/mol. The van der Waals surface area contributed by atoms with E-state index in [9.17, 15) is 23.9 Å². The molecule has 40 heavy (non-hydrogen) atoms. The van der Waals surface area contributed by atoms with E-state index in [2.05, 4.69) is 10.6 Å². The van der Waals surface area contributed by atoms with E-state index in [4.69, 9.17) is 16.3 Å². The number of aromatic nitrogens is 1. The lowest BCUT2D eigenvalue weighted by Gasteiger charge is -2.22. The molecule has 0 aliphatic heterocycles. The van der Waals surface area contributed by atoms with E-state index in [1.54, 1.807) is 62.7 Å². The van der Waals surface area contributed by atoms with Crippen LogP contribution in [-0.2, 0) is 27.4 Å². The summed E-state index contributed by atoms with van der Waals surface area (Å²) in [6, 6.07) is 9.72. The number of aliphatic hydroxyl groups is 1. The van der Waals surface area contributed by atoms with Crippen molar-refractivity contribution >= 4 is 46.1 Å². The lowest BCUT2D eigenvalue weighted by atomic mass is 10.1. The number of nitrogens with zero attached hydrogens (tertiary/aromatic N) is 2. The fraction of sp³-hybridized carbons (Fsp3) is 0.414. The maximum atomic E-state index is 14.2. The second-order valence-corrected chi connectivity index (χ2v) is 11.4. The number of halogens is 2. The van der Waals surface area contributed by atoms with Crippen molar-refractivity contribution in [1.82, 2.24) is 14.8 Å². The zero-order valence-electron chi connectivity index (χ0n) is 23.0. The second-order valence-electron chi connectivity index (χ2n) is 11.0. The van der Waals surface area contributed by atoms with Crippen LogP contribution < -0.4 is 10.6 Å². The van der Waals surface area contributed by atoms with Crippen molar-refractivity contribution in [2.75, 3.05) is 11.9 Å². The van der Waals surface area contributed by atoms with Crippen molar-refractivity contribution in [2.45, 2.75) is 71.4 Å². The topological polar surface area (TPSA) is 113 Å². The highest BCUT2D eigenvalue weighted by molar-refractivity contribution is 6.30. The van der Waals surface area contributed by atoms with Crippen LogP contribution in [0.3, 0.4) is 0 Å². The maximum Gasteiger partial charge on any atom is 0.412 e. The Balaban J connectivity index is 1.47. The minimum Gasteiger partial charge on any atom is -0.444 e. The molecule has 214 valence electrons. The lowest BCUT2D eigenvalue weighted by molar-refractivity contribution is -0.137. The van der Waals surface area contributed by atoms with Gasteiger partial charge in [0.2, 0.25) is 11.8 Å². The van der Waals surface area contributed by atoms with Crippen LogP contribution in [0, 0.1) is 5.82 Å². The van der Waals surface area contributed by atoms with Gasteiger partial charge in [-0.05, 0) is 64.8 Å². The molecule has 1 fully saturated rings. The molecule has 2 aromatic carbocycles. The number of benzene rings is 2. The summed E-state index contributed by atoms with van der Waals surface area (Å²) in [5.41, 5.74) is 1.37. The SMILES string of the molecule is CC(O)c1cn(CC(=O)N(CC(=O)NCc2cccc(Cl)c2F)C2CC2)c2ccc(NC(=O)OC(C)(C)C)cc12. The smallest absolute Gasteiger partial charge is 0.412 e. The molecule has 0 spiro atoms. The van der Waals surface area contributed by atoms with Gasteiger partial charge in [-0.15, -0.1) is 0 Å². The van der Waals surface area contributed by atoms with E-state index < -0.39 is 29.5 Å². The first-order chi connectivity index (χ1) is 18.8. The van der Waals surface area contributed by atoms with Crippen molar-refractivity contribution in [2.24, 2.45) is 0 Å². The van der Waals surface area contributed by atoms with Gasteiger partial charge in [0.05, 0.1) is 17.7 Å². The molecule has 9 nitrogen and oxygen atoms in total. The number of hydrogen-bond acceptors (Lipinski definition) is 5. The predicted octanol–water partition coefficient (Wildman–Crippen LogP) is 5.14. The third-order valence-electron chi connectivity index (χ3n) is 6.44. The average molecular weight is 573 g/mol. The van der Waals surface area contributed by atoms with Gasteiger partial charge < -0.3 is 24.6 Å². The van der Waals surface area contributed by atoms with E-state index in [0.29, 0.717) is 22.2 Å². The molecule has 0 saturated heterocycles. The van der Waals surface area contributed by atoms with Gasteiger partial charge in [-0.3, -0.25) is 14.9 Å². The molecule has 4 rings (SSSR count). The van der Waals surface area contributed by atoms with E-state index in [-0.39, 0.29) is 42.2 Å². The van der Waals surface area contributed by atoms with Crippen LogP contribution in [0.25, 0.3) is 10.9 Å². The molecule has 0 radical (unpaired) electrons. The van der Waals surface area contributed by atoms with E-state index in [1.165, 1.54) is 17.0 Å². The first-order valence-electron chi connectivity index (χ1n) is 13.1. The Labute approximate surface area is 237 Å². The zero-order valence-corrected chi connectivity index (χ0v) is 23.7. The summed E-state index contributed by atoms with van der Waals surface area (Å²) in [6.07, 6.45) is 1.88. The number of hydrogen-bond donors (Lipinski definition) is 3. The quantitative estimate of drug-likeness (QED) is 0.328. The number of amides is 3. The molecule has 1 atom stereocenters. The third-order valence-corrected chi connectivity index (χ3v) is 6.73. The summed E-state index contributed by atoms with van der Waals surface area (Å²) in [5.74, 6) is -1.24. The Hall–Kier alpha value is -3.63. The number of ether oxygens (including phenoxy) is 1. The normalized spacial score (nSPS) is 14.1. The molecule has 1 saturated carbocycles. The highest BCUT2D eigenvalue weighted by atomic mass is 35.5. The molecule has 0 bridgehead atoms. The van der Waals surface area contributed by atoms with Crippen LogP contribution in [0.2, 0.25) is 5.02 Å². The standard InChI is InChI=1S/C29H34ClFN4O5/c1-17(36)22-14-34(24-11-8-19(12-21(22)24)33-28(39)40-29(2,3)4)16-26(38)35(20-9-10-20)15-25(37)32-13-18-6-5-7-23(30)27(18)31/h5-8,11-12,14,17,20,36H,9-10,13,15-16H2,1-4H3,(H,32,37)(H,33,39). The molecule has 1 aliphatic rings. The largest absolute Gasteiger partial charge is 0.444 e. The summed E-state index contributed by atoms with van der Waals surface area (Å²) >= 11 is 5.82. The van der Waals surface area contributed by atoms with Gasteiger partial charge in [0.25, 0.3) is 0 Å². The van der Waals surface area contributed by atoms with E-state index in [1.807, 2.05) is 0 Å². The van der Waals surface area contributed by atoms with Crippen molar-refractivity contribution in [3.63, 3.8) is 0 Å². The Bertz CT molecular complexity index is 1430. The van der Waals surface area contributed by atoms with Gasteiger partial charge in [0, 0.05) is 46.5 Å². The van der Waals surface area contributed by atoms with Gasteiger partial charge >= 0.3 is 6.09 Å². The molecular weight excluding hydrogens is 539 g/mol. The van der Waals surface area contributed by atoms with Gasteiger partial charge in [-0.1, -0.05) is 23.7 Å². The number of anilines is 1. The molecular formula is C29H34ClFN4O5. The number of aliphatic hydroxyl groups excluding tert-OH is 1. The van der Waals surface area contributed by atoms with Crippen LogP contribution in [0.1, 0.15) is 57.8 Å². The Morgan fingerprint density at radius 3 is 2.60 bits per heavy atom. The number of rotatable bonds is 9. The third kappa shape index (κ3) is 7.31. The first-order valence-corrected chi connectivity index (χ1v) is 13.5. The van der Waals surface area contributed by atoms with E-state index >= 15 is 0 Å². The van der Waals surface area contributed by atoms with E-state index in [0.717, 1.165) is 12.8 Å². The molecule has 11 heteroatoms. The van der Waals surface area contributed by atoms with Crippen molar-refractivity contribution in [3.05, 3.63) is 64.6 Å². The highest BCUT2D eigenvalue weighted by Gasteiger charge is 2.34. The summed E-state index contributed by atoms with van der Waals surface area (Å²) in [7, 11) is 0. The molecule has 3 N–H and O–H groups in total. The van der Waals surface area contributed by atoms with Crippen molar-refractivity contribution in [3.8, 4) is 0 Å². The van der Waals surface area contributed by atoms with Crippen LogP contribution in [0.5, 0.6) is 0 Å². The summed E-state index contributed by atoms with van der Waals surface area (Å²) in [4.78, 5) is 39.8. The summed E-state index contributed by atoms with van der Waals surface area (Å²) < 4.78 is 21.2. The van der Waals surface area contributed by atoms with Gasteiger partial charge in [-0.25, -0.2) is 9.18 Å². The van der Waals surface area contributed by atoms with Crippen LogP contribution in [0.4, 0.5) is 14.9 Å². The van der Waals surface area contributed by atoms with Gasteiger partial charge in [-0.2, -0.15) is 0 Å². The Morgan fingerprint density at radius 1 is 1.23 bits per heavy atom. The summed E-state index contributed by atoms with van der Waals surface area (Å²) in [5, 5.41) is 16.4.